The van der Waals surface area contributed by atoms with Crippen LogP contribution in [0.2, 0.25) is 0 Å². The lowest BCUT2D eigenvalue weighted by Gasteiger charge is -2.31. The Balaban J connectivity index is 1.40. The predicted molar refractivity (Wildman–Crippen MR) is 202 cm³/mol. The Labute approximate surface area is 293 Å². The number of nitrogens with zero attached hydrogens (tertiary/aromatic N) is 1. The molecule has 1 unspecified atom stereocenters. The molecule has 0 N–H and O–H groups in total. The minimum absolute atomic E-state index is 0.173. The van der Waals surface area contributed by atoms with Crippen molar-refractivity contribution in [3.8, 4) is 33.4 Å². The van der Waals surface area contributed by atoms with E-state index in [0.29, 0.717) is 28.1 Å². The van der Waals surface area contributed by atoms with Crippen molar-refractivity contribution in [2.75, 3.05) is 4.90 Å². The largest absolute Gasteiger partial charge is 0.310 e. The highest BCUT2D eigenvalue weighted by atomic mass is 15.1. The van der Waals surface area contributed by atoms with Crippen LogP contribution in [0.4, 0.5) is 17.1 Å². The molecule has 0 saturated carbocycles. The molecular formula is C47H37N. The number of fused-ring (bicyclic) bond motifs is 6. The molecule has 7 aromatic carbocycles. The van der Waals surface area contributed by atoms with E-state index in [2.05, 4.69) is 62.4 Å². The Morgan fingerprint density at radius 3 is 1.90 bits per heavy atom. The van der Waals surface area contributed by atoms with Crippen LogP contribution in [0.5, 0.6) is 0 Å². The molecule has 1 heteroatoms. The Bertz CT molecular complexity index is 2710. The van der Waals surface area contributed by atoms with Gasteiger partial charge >= 0.3 is 0 Å². The summed E-state index contributed by atoms with van der Waals surface area (Å²) in [5.74, 6) is 0. The topological polar surface area (TPSA) is 3.24 Å². The normalized spacial score (nSPS) is 18.5. The first-order chi connectivity index (χ1) is 26.4. The molecule has 0 amide bonds. The van der Waals surface area contributed by atoms with Crippen molar-refractivity contribution < 1.29 is 9.60 Å². The first-order valence-corrected chi connectivity index (χ1v) is 16.4. The van der Waals surface area contributed by atoms with Crippen LogP contribution in [0.15, 0.2) is 170 Å². The maximum Gasteiger partial charge on any atom is 0.0645 e. The van der Waals surface area contributed by atoms with Gasteiger partial charge in [-0.25, -0.2) is 0 Å². The molecule has 0 aliphatic heterocycles. The zero-order valence-electron chi connectivity index (χ0n) is 34.1. The maximum atomic E-state index is 9.70. The number of anilines is 3. The number of hydrogen-bond acceptors (Lipinski definition) is 1. The number of benzene rings is 7. The third-order valence-electron chi connectivity index (χ3n) is 10.4. The highest BCUT2D eigenvalue weighted by molar-refractivity contribution is 5.97. The fourth-order valence-corrected chi connectivity index (χ4v) is 7.91. The summed E-state index contributed by atoms with van der Waals surface area (Å²) in [6.07, 6.45) is 0. The van der Waals surface area contributed by atoms with Crippen LogP contribution in [0.3, 0.4) is 0 Å². The lowest BCUT2D eigenvalue weighted by atomic mass is 9.74. The monoisotopic (exact) mass is 622 g/mol. The Kier molecular flexibility index (Phi) is 4.90. The zero-order valence-corrected chi connectivity index (χ0v) is 27.1. The van der Waals surface area contributed by atoms with Crippen molar-refractivity contribution in [1.82, 2.24) is 0 Å². The van der Waals surface area contributed by atoms with E-state index in [1.54, 1.807) is 0 Å². The standard InChI is InChI=1S/C47H37N/c1-46(2)40-21-12-10-19-37(40)38-30-29-36(31-43(38)46)48(35-27-25-33(26-28-35)32-15-6-4-7-16-32)44-24-14-23-42-45(44)39-20-11-13-22-41(39)47(42,3)34-17-8-5-9-18-34/h4-31H,1-3H3/i11D,13D,14D,20D,22D,23D,24D. The smallest absolute Gasteiger partial charge is 0.0645 e. The van der Waals surface area contributed by atoms with Gasteiger partial charge in [0.1, 0.15) is 0 Å². The van der Waals surface area contributed by atoms with Gasteiger partial charge in [0.05, 0.1) is 15.3 Å². The summed E-state index contributed by atoms with van der Waals surface area (Å²) in [6, 6.07) is 40.4. The molecule has 0 bridgehead atoms. The Morgan fingerprint density at radius 1 is 0.479 bits per heavy atom. The highest BCUT2D eigenvalue weighted by Crippen LogP contribution is 2.57. The van der Waals surface area contributed by atoms with Gasteiger partial charge in [-0.2, -0.15) is 0 Å². The molecule has 7 aromatic rings. The summed E-state index contributed by atoms with van der Waals surface area (Å²) in [7, 11) is 0. The molecule has 2 aliphatic carbocycles. The molecule has 9 rings (SSSR count). The molecule has 48 heavy (non-hydrogen) atoms. The quantitative estimate of drug-likeness (QED) is 0.185. The average molecular weight is 623 g/mol. The first-order valence-electron chi connectivity index (χ1n) is 19.9. The summed E-state index contributed by atoms with van der Waals surface area (Å²) in [5.41, 5.74) is 8.92. The van der Waals surface area contributed by atoms with Crippen molar-refractivity contribution in [2.45, 2.75) is 31.6 Å². The second kappa shape index (κ2) is 10.7. The lowest BCUT2D eigenvalue weighted by molar-refractivity contribution is 0.660. The van der Waals surface area contributed by atoms with Crippen LogP contribution in [-0.4, -0.2) is 0 Å². The van der Waals surface area contributed by atoms with E-state index in [1.807, 2.05) is 90.7 Å². The summed E-state index contributed by atoms with van der Waals surface area (Å²) >= 11 is 0. The van der Waals surface area contributed by atoms with Gasteiger partial charge in [0.15, 0.2) is 0 Å². The Hall–Kier alpha value is -5.66. The SMILES string of the molecule is [2H]c1c([2H])c([2H])c2c(c1[2H])-c1c(N(c3ccc(-c4ccccc4)cc3)c3ccc4c(c3)C(C)(C)c3ccccc3-4)c([2H])c([2H])c([2H])c1C2(C)c1ccccc1. The molecule has 2 aliphatic rings. The molecule has 0 radical (unpaired) electrons. The van der Waals surface area contributed by atoms with E-state index in [9.17, 15) is 6.85 Å². The van der Waals surface area contributed by atoms with E-state index < -0.39 is 5.41 Å². The molecule has 0 spiro atoms. The molecule has 0 heterocycles. The maximum absolute atomic E-state index is 9.70. The van der Waals surface area contributed by atoms with Crippen LogP contribution >= 0.6 is 0 Å². The molecule has 1 nitrogen and oxygen atoms in total. The molecule has 0 saturated heterocycles. The van der Waals surface area contributed by atoms with E-state index in [1.165, 1.54) is 11.1 Å². The summed E-state index contributed by atoms with van der Waals surface area (Å²) in [4.78, 5) is 1.95. The first kappa shape index (κ1) is 22.0. The van der Waals surface area contributed by atoms with Crippen LogP contribution in [0.1, 0.15) is 58.2 Å². The van der Waals surface area contributed by atoms with Crippen molar-refractivity contribution in [1.29, 1.82) is 0 Å². The molecule has 1 atom stereocenters. The predicted octanol–water partition coefficient (Wildman–Crippen LogP) is 12.5. The third kappa shape index (κ3) is 4.10. The molecule has 0 aromatic heterocycles. The fraction of sp³-hybridized carbons (Fsp3) is 0.106. The van der Waals surface area contributed by atoms with Gasteiger partial charge in [0.2, 0.25) is 0 Å². The zero-order chi connectivity index (χ0) is 38.6. The van der Waals surface area contributed by atoms with Crippen molar-refractivity contribution in [2.24, 2.45) is 0 Å². The third-order valence-corrected chi connectivity index (χ3v) is 10.4. The van der Waals surface area contributed by atoms with Gasteiger partial charge in [-0.3, -0.25) is 0 Å². The van der Waals surface area contributed by atoms with Crippen molar-refractivity contribution in [3.63, 3.8) is 0 Å². The van der Waals surface area contributed by atoms with Gasteiger partial charge in [-0.1, -0.05) is 153 Å². The highest BCUT2D eigenvalue weighted by Gasteiger charge is 2.42. The van der Waals surface area contributed by atoms with Crippen LogP contribution in [0.25, 0.3) is 33.4 Å². The van der Waals surface area contributed by atoms with Crippen LogP contribution in [0, 0.1) is 0 Å². The lowest BCUT2D eigenvalue weighted by Crippen LogP contribution is -2.22. The minimum atomic E-state index is -1.23. The molecule has 230 valence electrons. The summed E-state index contributed by atoms with van der Waals surface area (Å²) in [6.45, 7) is 6.30. The van der Waals surface area contributed by atoms with Gasteiger partial charge in [-0.15, -0.1) is 0 Å². The van der Waals surface area contributed by atoms with E-state index in [-0.39, 0.29) is 53.3 Å². The van der Waals surface area contributed by atoms with Gasteiger partial charge in [0, 0.05) is 27.8 Å². The van der Waals surface area contributed by atoms with Crippen LogP contribution < -0.4 is 4.90 Å². The Morgan fingerprint density at radius 2 is 1.10 bits per heavy atom. The van der Waals surface area contributed by atoms with E-state index in [0.717, 1.165) is 33.5 Å². The van der Waals surface area contributed by atoms with Gasteiger partial charge in [0.25, 0.3) is 0 Å². The molecular weight excluding hydrogens is 579 g/mol. The number of rotatable bonds is 5. The summed E-state index contributed by atoms with van der Waals surface area (Å²) in [5, 5.41) is 0. The minimum Gasteiger partial charge on any atom is -0.310 e. The van der Waals surface area contributed by atoms with Crippen molar-refractivity contribution >= 4 is 17.1 Å². The fourth-order valence-electron chi connectivity index (χ4n) is 7.91. The van der Waals surface area contributed by atoms with Gasteiger partial charge in [-0.05, 0) is 92.9 Å². The van der Waals surface area contributed by atoms with E-state index in [4.69, 9.17) is 2.74 Å². The second-order valence-electron chi connectivity index (χ2n) is 13.4. The van der Waals surface area contributed by atoms with Gasteiger partial charge < -0.3 is 4.90 Å². The van der Waals surface area contributed by atoms with Crippen LogP contribution in [-0.2, 0) is 10.8 Å². The second-order valence-corrected chi connectivity index (χ2v) is 13.4. The average Bonchev–Trinajstić information content (AvgIpc) is 3.62. The number of hydrogen-bond donors (Lipinski definition) is 0. The molecule has 0 fully saturated rings. The van der Waals surface area contributed by atoms with E-state index >= 15 is 0 Å². The summed E-state index contributed by atoms with van der Waals surface area (Å²) < 4.78 is 64.9. The van der Waals surface area contributed by atoms with Crippen molar-refractivity contribution in [3.05, 3.63) is 198 Å².